The molecule has 1 atom stereocenters. The van der Waals surface area contributed by atoms with Crippen LogP contribution in [0.1, 0.15) is 30.0 Å². The van der Waals surface area contributed by atoms with Gasteiger partial charge in [-0.2, -0.15) is 0 Å². The van der Waals surface area contributed by atoms with Crippen molar-refractivity contribution in [2.45, 2.75) is 25.3 Å². The molecule has 35 heavy (non-hydrogen) atoms. The zero-order valence-electron chi connectivity index (χ0n) is 18.4. The van der Waals surface area contributed by atoms with Crippen LogP contribution in [0.2, 0.25) is 5.02 Å². The Morgan fingerprint density at radius 2 is 1.97 bits per heavy atom. The van der Waals surface area contributed by atoms with Gasteiger partial charge in [0, 0.05) is 0 Å². The van der Waals surface area contributed by atoms with Gasteiger partial charge in [0.15, 0.2) is 10.6 Å². The summed E-state index contributed by atoms with van der Waals surface area (Å²) >= 11 is 11.8. The standard InChI is InChI=1S/C26H20ClF2N5S/c27-17-9-10-18(28)22(23(17)29)24-25(32-19-7-3-5-14-4-1-2-6-16(14)19)33-26(35)34(24)15-8-11-20-21(12-15)31-13-30-20/h1-2,4,6,8-13,19,32H,3,5,7H2,(H,30,31)(H,33,35). The van der Waals surface area contributed by atoms with Crippen molar-refractivity contribution in [2.24, 2.45) is 0 Å². The zero-order chi connectivity index (χ0) is 24.1. The van der Waals surface area contributed by atoms with Crippen molar-refractivity contribution in [1.29, 1.82) is 0 Å². The minimum Gasteiger partial charge on any atom is -0.363 e. The molecular weight excluding hydrogens is 488 g/mol. The normalized spacial score (nSPS) is 15.3. The van der Waals surface area contributed by atoms with E-state index in [0.717, 1.165) is 30.3 Å². The monoisotopic (exact) mass is 507 g/mol. The molecule has 2 heterocycles. The van der Waals surface area contributed by atoms with Crippen LogP contribution in [0, 0.1) is 16.4 Å². The van der Waals surface area contributed by atoms with Crippen LogP contribution in [-0.2, 0) is 6.42 Å². The first-order valence-corrected chi connectivity index (χ1v) is 12.1. The van der Waals surface area contributed by atoms with Crippen LogP contribution in [0.5, 0.6) is 0 Å². The second-order valence-electron chi connectivity index (χ2n) is 8.60. The fourth-order valence-corrected chi connectivity index (χ4v) is 5.36. The van der Waals surface area contributed by atoms with Crippen molar-refractivity contribution in [3.8, 4) is 16.9 Å². The van der Waals surface area contributed by atoms with Crippen LogP contribution in [0.25, 0.3) is 28.0 Å². The molecule has 5 nitrogen and oxygen atoms in total. The first-order chi connectivity index (χ1) is 17.0. The molecule has 1 unspecified atom stereocenters. The summed E-state index contributed by atoms with van der Waals surface area (Å²) in [5, 5.41) is 3.33. The molecule has 1 aliphatic rings. The van der Waals surface area contributed by atoms with Gasteiger partial charge in [0.1, 0.15) is 17.3 Å². The molecule has 0 bridgehead atoms. The second kappa shape index (κ2) is 8.62. The average molecular weight is 508 g/mol. The van der Waals surface area contributed by atoms with Gasteiger partial charge < -0.3 is 15.3 Å². The summed E-state index contributed by atoms with van der Waals surface area (Å²) in [6, 6.07) is 16.1. The molecular formula is C26H20ClF2N5S. The molecule has 3 aromatic carbocycles. The van der Waals surface area contributed by atoms with Crippen molar-refractivity contribution >= 4 is 40.7 Å². The van der Waals surface area contributed by atoms with E-state index in [9.17, 15) is 0 Å². The number of aromatic nitrogens is 4. The Labute approximate surface area is 209 Å². The molecule has 6 rings (SSSR count). The Morgan fingerprint density at radius 3 is 2.86 bits per heavy atom. The maximum atomic E-state index is 15.4. The van der Waals surface area contributed by atoms with E-state index in [1.165, 1.54) is 23.3 Å². The smallest absolute Gasteiger partial charge is 0.183 e. The summed E-state index contributed by atoms with van der Waals surface area (Å²) in [5.74, 6) is -1.14. The Bertz CT molecular complexity index is 1640. The lowest BCUT2D eigenvalue weighted by atomic mass is 9.87. The van der Waals surface area contributed by atoms with Gasteiger partial charge in [-0.15, -0.1) is 0 Å². The quantitative estimate of drug-likeness (QED) is 0.174. The zero-order valence-corrected chi connectivity index (χ0v) is 20.0. The molecule has 0 aliphatic heterocycles. The largest absolute Gasteiger partial charge is 0.363 e. The Kier molecular flexibility index (Phi) is 5.42. The van der Waals surface area contributed by atoms with Crippen LogP contribution in [0.4, 0.5) is 14.6 Å². The third-order valence-corrected chi connectivity index (χ3v) is 7.10. The first kappa shape index (κ1) is 22.0. The molecule has 9 heteroatoms. The van der Waals surface area contributed by atoms with E-state index in [0.29, 0.717) is 16.3 Å². The van der Waals surface area contributed by atoms with Gasteiger partial charge in [0.2, 0.25) is 0 Å². The van der Waals surface area contributed by atoms with Gasteiger partial charge in [0.05, 0.1) is 39.7 Å². The summed E-state index contributed by atoms with van der Waals surface area (Å²) in [5.41, 5.74) is 4.61. The molecule has 0 fully saturated rings. The fourth-order valence-electron chi connectivity index (χ4n) is 4.91. The van der Waals surface area contributed by atoms with Crippen molar-refractivity contribution in [1.82, 2.24) is 19.5 Å². The molecule has 2 aromatic heterocycles. The average Bonchev–Trinajstić information content (AvgIpc) is 3.45. The van der Waals surface area contributed by atoms with Crippen molar-refractivity contribution in [3.63, 3.8) is 0 Å². The third-order valence-electron chi connectivity index (χ3n) is 6.53. The number of anilines is 1. The van der Waals surface area contributed by atoms with Gasteiger partial charge in [0.25, 0.3) is 0 Å². The second-order valence-corrected chi connectivity index (χ2v) is 9.39. The molecule has 3 N–H and O–H groups in total. The lowest BCUT2D eigenvalue weighted by Crippen LogP contribution is -2.18. The highest BCUT2D eigenvalue weighted by molar-refractivity contribution is 7.71. The van der Waals surface area contributed by atoms with Crippen molar-refractivity contribution in [2.75, 3.05) is 5.32 Å². The number of aryl methyl sites for hydroxylation is 1. The van der Waals surface area contributed by atoms with Gasteiger partial charge in [-0.25, -0.2) is 13.8 Å². The molecule has 5 aromatic rings. The van der Waals surface area contributed by atoms with E-state index < -0.39 is 11.6 Å². The van der Waals surface area contributed by atoms with Crippen LogP contribution >= 0.6 is 23.8 Å². The summed E-state index contributed by atoms with van der Waals surface area (Å²) in [7, 11) is 0. The Morgan fingerprint density at radius 1 is 1.11 bits per heavy atom. The first-order valence-electron chi connectivity index (χ1n) is 11.3. The van der Waals surface area contributed by atoms with Gasteiger partial charge in [-0.05, 0) is 72.9 Å². The van der Waals surface area contributed by atoms with Crippen LogP contribution in [0.3, 0.4) is 0 Å². The maximum Gasteiger partial charge on any atom is 0.183 e. The number of halogens is 3. The summed E-state index contributed by atoms with van der Waals surface area (Å²) in [6.07, 6.45) is 4.47. The number of fused-ring (bicyclic) bond motifs is 2. The Balaban J connectivity index is 1.58. The molecule has 0 saturated carbocycles. The maximum absolute atomic E-state index is 15.4. The number of H-pyrrole nitrogens is 2. The molecule has 0 saturated heterocycles. The number of hydrogen-bond acceptors (Lipinski definition) is 3. The van der Waals surface area contributed by atoms with Gasteiger partial charge >= 0.3 is 0 Å². The summed E-state index contributed by atoms with van der Waals surface area (Å²) in [4.78, 5) is 10.5. The van der Waals surface area contributed by atoms with E-state index in [2.05, 4.69) is 32.4 Å². The molecule has 0 radical (unpaired) electrons. The van der Waals surface area contributed by atoms with Crippen LogP contribution in [0.15, 0.2) is 60.9 Å². The predicted molar refractivity (Wildman–Crippen MR) is 137 cm³/mol. The predicted octanol–water partition coefficient (Wildman–Crippen LogP) is 7.50. The summed E-state index contributed by atoms with van der Waals surface area (Å²) < 4.78 is 32.5. The third kappa shape index (κ3) is 3.73. The number of nitrogens with one attached hydrogen (secondary N) is 3. The van der Waals surface area contributed by atoms with Gasteiger partial charge in [-0.1, -0.05) is 35.9 Å². The lowest BCUT2D eigenvalue weighted by molar-refractivity contribution is 0.587. The van der Waals surface area contributed by atoms with Crippen molar-refractivity contribution in [3.05, 3.63) is 93.5 Å². The van der Waals surface area contributed by atoms with E-state index in [1.807, 2.05) is 30.3 Å². The highest BCUT2D eigenvalue weighted by atomic mass is 35.5. The number of rotatable bonds is 4. The highest BCUT2D eigenvalue weighted by Gasteiger charge is 2.27. The number of nitrogens with zero attached hydrogens (tertiary/aromatic N) is 2. The number of hydrogen-bond donors (Lipinski definition) is 3. The highest BCUT2D eigenvalue weighted by Crippen LogP contribution is 2.40. The van der Waals surface area contributed by atoms with Crippen LogP contribution < -0.4 is 5.32 Å². The van der Waals surface area contributed by atoms with Gasteiger partial charge in [-0.3, -0.25) is 4.57 Å². The molecule has 1 aliphatic carbocycles. The molecule has 0 spiro atoms. The van der Waals surface area contributed by atoms with E-state index >= 15 is 8.78 Å². The molecule has 176 valence electrons. The topological polar surface area (TPSA) is 61.4 Å². The Hall–Kier alpha value is -3.49. The summed E-state index contributed by atoms with van der Waals surface area (Å²) in [6.45, 7) is 0. The van der Waals surface area contributed by atoms with E-state index in [4.69, 9.17) is 23.8 Å². The van der Waals surface area contributed by atoms with Crippen molar-refractivity contribution < 1.29 is 8.78 Å². The fraction of sp³-hybridized carbons (Fsp3) is 0.154. The van der Waals surface area contributed by atoms with Crippen LogP contribution in [-0.4, -0.2) is 19.5 Å². The lowest BCUT2D eigenvalue weighted by Gasteiger charge is -2.27. The minimum atomic E-state index is -0.843. The number of imidazole rings is 2. The number of aromatic amines is 2. The number of benzene rings is 3. The SMILES string of the molecule is Fc1ccc(Cl)c(F)c1-c1c(NC2CCCc3ccccc32)[nH]c(=S)n1-c1ccc2nc[nH]c2c1. The van der Waals surface area contributed by atoms with E-state index in [-0.39, 0.29) is 22.3 Å². The van der Waals surface area contributed by atoms with E-state index in [1.54, 1.807) is 10.9 Å². The minimum absolute atomic E-state index is 0.0411. The molecule has 0 amide bonds.